The van der Waals surface area contributed by atoms with E-state index in [-0.39, 0.29) is 6.09 Å². The lowest BCUT2D eigenvalue weighted by Crippen LogP contribution is -2.33. The Bertz CT molecular complexity index is 569. The number of amides is 1. The smallest absolute Gasteiger partial charge is 0.407 e. The van der Waals surface area contributed by atoms with Gasteiger partial charge < -0.3 is 14.5 Å². The number of ether oxygens (including phenoxy) is 1. The van der Waals surface area contributed by atoms with Crippen molar-refractivity contribution in [2.75, 3.05) is 6.54 Å². The normalized spacial score (nSPS) is 11.5. The zero-order valence-electron chi connectivity index (χ0n) is 11.5. The van der Waals surface area contributed by atoms with E-state index in [1.807, 2.05) is 49.7 Å². The summed E-state index contributed by atoms with van der Waals surface area (Å²) < 4.78 is 7.13. The molecule has 102 valence electrons. The monoisotopic (exact) mass is 261 g/mol. The van der Waals surface area contributed by atoms with Gasteiger partial charge in [-0.25, -0.2) is 9.78 Å². The van der Waals surface area contributed by atoms with Crippen LogP contribution >= 0.6 is 0 Å². The number of fused-ring (bicyclic) bond motifs is 1. The quantitative estimate of drug-likeness (QED) is 0.923. The first kappa shape index (κ1) is 13.4. The first-order valence-electron chi connectivity index (χ1n) is 6.32. The number of carbonyl (C=O) groups is 1. The van der Waals surface area contributed by atoms with Crippen LogP contribution in [-0.4, -0.2) is 27.6 Å². The van der Waals surface area contributed by atoms with E-state index in [1.165, 1.54) is 0 Å². The number of rotatable bonds is 3. The van der Waals surface area contributed by atoms with Crippen molar-refractivity contribution in [1.82, 2.24) is 14.7 Å². The summed E-state index contributed by atoms with van der Waals surface area (Å²) in [5.74, 6) is 0. The van der Waals surface area contributed by atoms with Gasteiger partial charge in [-0.2, -0.15) is 0 Å². The molecule has 5 nitrogen and oxygen atoms in total. The van der Waals surface area contributed by atoms with Gasteiger partial charge in [-0.1, -0.05) is 6.07 Å². The standard InChI is InChI=1S/C14H19N3O2/c1-14(2,3)19-13(18)16-7-6-11-4-5-12-15-8-9-17(12)10-11/h4-5,8-10H,6-7H2,1-3H3,(H,16,18). The summed E-state index contributed by atoms with van der Waals surface area (Å²) in [7, 11) is 0. The highest BCUT2D eigenvalue weighted by Gasteiger charge is 2.15. The first-order valence-corrected chi connectivity index (χ1v) is 6.32. The molecular formula is C14H19N3O2. The summed E-state index contributed by atoms with van der Waals surface area (Å²) in [6.07, 6.45) is 6.06. The predicted molar refractivity (Wildman–Crippen MR) is 73.1 cm³/mol. The Morgan fingerprint density at radius 3 is 2.95 bits per heavy atom. The number of aromatic nitrogens is 2. The van der Waals surface area contributed by atoms with Crippen molar-refractivity contribution in [3.63, 3.8) is 0 Å². The van der Waals surface area contributed by atoms with Crippen LogP contribution in [0.1, 0.15) is 26.3 Å². The lowest BCUT2D eigenvalue weighted by Gasteiger charge is -2.19. The molecule has 2 aromatic rings. The molecule has 0 aliphatic rings. The SMILES string of the molecule is CC(C)(C)OC(=O)NCCc1ccc2nccn2c1. The fourth-order valence-electron chi connectivity index (χ4n) is 1.74. The third-order valence-electron chi connectivity index (χ3n) is 2.53. The van der Waals surface area contributed by atoms with E-state index < -0.39 is 5.60 Å². The molecule has 0 unspecified atom stereocenters. The highest BCUT2D eigenvalue weighted by molar-refractivity contribution is 5.67. The lowest BCUT2D eigenvalue weighted by atomic mass is 10.2. The Kier molecular flexibility index (Phi) is 3.74. The number of hydrogen-bond donors (Lipinski definition) is 1. The van der Waals surface area contributed by atoms with Gasteiger partial charge >= 0.3 is 6.09 Å². The fourth-order valence-corrected chi connectivity index (χ4v) is 1.74. The average molecular weight is 261 g/mol. The second-order valence-corrected chi connectivity index (χ2v) is 5.41. The van der Waals surface area contributed by atoms with Gasteiger partial charge in [0, 0.05) is 25.1 Å². The Balaban J connectivity index is 1.83. The van der Waals surface area contributed by atoms with Crippen LogP contribution in [0.25, 0.3) is 5.65 Å². The van der Waals surface area contributed by atoms with E-state index in [2.05, 4.69) is 10.3 Å². The minimum Gasteiger partial charge on any atom is -0.444 e. The Labute approximate surface area is 112 Å². The minimum absolute atomic E-state index is 0.379. The van der Waals surface area contributed by atoms with Crippen LogP contribution in [-0.2, 0) is 11.2 Å². The van der Waals surface area contributed by atoms with Crippen molar-refractivity contribution < 1.29 is 9.53 Å². The van der Waals surface area contributed by atoms with Crippen molar-refractivity contribution in [3.8, 4) is 0 Å². The van der Waals surface area contributed by atoms with Gasteiger partial charge in [-0.3, -0.25) is 0 Å². The minimum atomic E-state index is -0.459. The van der Waals surface area contributed by atoms with E-state index in [4.69, 9.17) is 4.74 Å². The molecule has 0 aliphatic heterocycles. The molecule has 0 aliphatic carbocycles. The van der Waals surface area contributed by atoms with Gasteiger partial charge in [0.1, 0.15) is 11.2 Å². The molecule has 2 rings (SSSR count). The molecule has 0 atom stereocenters. The number of nitrogens with zero attached hydrogens (tertiary/aromatic N) is 2. The zero-order chi connectivity index (χ0) is 13.9. The third-order valence-corrected chi connectivity index (χ3v) is 2.53. The second kappa shape index (κ2) is 5.30. The van der Waals surface area contributed by atoms with Gasteiger partial charge in [-0.15, -0.1) is 0 Å². The molecule has 0 radical (unpaired) electrons. The van der Waals surface area contributed by atoms with Crippen LogP contribution in [0.4, 0.5) is 4.79 Å². The second-order valence-electron chi connectivity index (χ2n) is 5.41. The summed E-state index contributed by atoms with van der Waals surface area (Å²) in [6.45, 7) is 6.09. The molecule has 0 fully saturated rings. The molecule has 19 heavy (non-hydrogen) atoms. The molecule has 2 heterocycles. The predicted octanol–water partition coefficient (Wildman–Crippen LogP) is 2.40. The molecule has 0 saturated heterocycles. The highest BCUT2D eigenvalue weighted by atomic mass is 16.6. The molecule has 1 N–H and O–H groups in total. The molecule has 1 amide bonds. The van der Waals surface area contributed by atoms with E-state index in [0.717, 1.165) is 17.6 Å². The summed E-state index contributed by atoms with van der Waals surface area (Å²) >= 11 is 0. The maximum Gasteiger partial charge on any atom is 0.407 e. The number of nitrogens with one attached hydrogen (secondary N) is 1. The summed E-state index contributed by atoms with van der Waals surface area (Å²) in [5.41, 5.74) is 1.60. The molecule has 5 heteroatoms. The van der Waals surface area contributed by atoms with Crippen molar-refractivity contribution >= 4 is 11.7 Å². The first-order chi connectivity index (χ1) is 8.94. The number of alkyl carbamates (subject to hydrolysis) is 1. The maximum absolute atomic E-state index is 11.5. The number of carbonyl (C=O) groups excluding carboxylic acids is 1. The number of pyridine rings is 1. The van der Waals surface area contributed by atoms with Gasteiger partial charge in [0.25, 0.3) is 0 Å². The Morgan fingerprint density at radius 2 is 2.21 bits per heavy atom. The summed E-state index contributed by atoms with van der Waals surface area (Å²) in [5, 5.41) is 2.74. The molecule has 0 spiro atoms. The van der Waals surface area contributed by atoms with Gasteiger partial charge in [0.2, 0.25) is 0 Å². The zero-order valence-corrected chi connectivity index (χ0v) is 11.5. The summed E-state index contributed by atoms with van der Waals surface area (Å²) in [6, 6.07) is 3.97. The highest BCUT2D eigenvalue weighted by Crippen LogP contribution is 2.07. The summed E-state index contributed by atoms with van der Waals surface area (Å²) in [4.78, 5) is 15.7. The van der Waals surface area contributed by atoms with Crippen molar-refractivity contribution in [2.45, 2.75) is 32.8 Å². The van der Waals surface area contributed by atoms with Crippen LogP contribution in [0.2, 0.25) is 0 Å². The van der Waals surface area contributed by atoms with Crippen molar-refractivity contribution in [2.24, 2.45) is 0 Å². The van der Waals surface area contributed by atoms with E-state index in [0.29, 0.717) is 6.54 Å². The third kappa shape index (κ3) is 3.98. The van der Waals surface area contributed by atoms with Crippen molar-refractivity contribution in [1.29, 1.82) is 0 Å². The number of imidazole rings is 1. The average Bonchev–Trinajstić information content (AvgIpc) is 2.73. The largest absolute Gasteiger partial charge is 0.444 e. The van der Waals surface area contributed by atoms with Gasteiger partial charge in [-0.05, 0) is 38.8 Å². The van der Waals surface area contributed by atoms with Crippen LogP contribution < -0.4 is 5.32 Å². The van der Waals surface area contributed by atoms with Crippen LogP contribution in [0.3, 0.4) is 0 Å². The Morgan fingerprint density at radius 1 is 1.42 bits per heavy atom. The van der Waals surface area contributed by atoms with Crippen LogP contribution in [0.15, 0.2) is 30.7 Å². The molecular weight excluding hydrogens is 242 g/mol. The van der Waals surface area contributed by atoms with Gasteiger partial charge in [0.15, 0.2) is 0 Å². The molecule has 2 aromatic heterocycles. The van der Waals surface area contributed by atoms with E-state index in [1.54, 1.807) is 6.20 Å². The van der Waals surface area contributed by atoms with Gasteiger partial charge in [0.05, 0.1) is 0 Å². The van der Waals surface area contributed by atoms with Crippen LogP contribution in [0.5, 0.6) is 0 Å². The topological polar surface area (TPSA) is 55.6 Å². The van der Waals surface area contributed by atoms with Crippen molar-refractivity contribution in [3.05, 3.63) is 36.3 Å². The lowest BCUT2D eigenvalue weighted by molar-refractivity contribution is 0.0528. The van der Waals surface area contributed by atoms with E-state index >= 15 is 0 Å². The van der Waals surface area contributed by atoms with Crippen LogP contribution in [0, 0.1) is 0 Å². The fraction of sp³-hybridized carbons (Fsp3) is 0.429. The maximum atomic E-state index is 11.5. The Hall–Kier alpha value is -2.04. The number of hydrogen-bond acceptors (Lipinski definition) is 3. The molecule has 0 aromatic carbocycles. The molecule has 0 saturated carbocycles. The van der Waals surface area contributed by atoms with E-state index in [9.17, 15) is 4.79 Å². The molecule has 0 bridgehead atoms.